The van der Waals surface area contributed by atoms with Gasteiger partial charge < -0.3 is 15.0 Å². The summed E-state index contributed by atoms with van der Waals surface area (Å²) in [5, 5.41) is 0.515. The van der Waals surface area contributed by atoms with Crippen molar-refractivity contribution in [2.45, 2.75) is 26.4 Å². The number of hydrogen-bond acceptors (Lipinski definition) is 3. The van der Waals surface area contributed by atoms with Crippen molar-refractivity contribution in [3.8, 4) is 17.0 Å². The smallest absolute Gasteiger partial charge is 0.255 e. The maximum absolute atomic E-state index is 12.5. The van der Waals surface area contributed by atoms with Crippen LogP contribution in [0.4, 0.5) is 0 Å². The van der Waals surface area contributed by atoms with E-state index in [1.54, 1.807) is 36.8 Å². The molecule has 0 fully saturated rings. The summed E-state index contributed by atoms with van der Waals surface area (Å²) < 4.78 is 6.85. The summed E-state index contributed by atoms with van der Waals surface area (Å²) in [6, 6.07) is 8.88. The van der Waals surface area contributed by atoms with Gasteiger partial charge in [-0.15, -0.1) is 0 Å². The molecule has 2 aromatic rings. The topological polar surface area (TPSA) is 57.2 Å². The molecular weight excluding hydrogens is 288 g/mol. The molecule has 112 valence electrons. The van der Waals surface area contributed by atoms with Crippen molar-refractivity contribution < 1.29 is 4.74 Å². The fraction of sp³-hybridized carbons (Fsp3) is 0.312. The number of aromatic nitrogens is 1. The molecule has 0 aliphatic carbocycles. The Morgan fingerprint density at radius 3 is 2.57 bits per heavy atom. The van der Waals surface area contributed by atoms with E-state index in [1.165, 1.54) is 0 Å². The van der Waals surface area contributed by atoms with Crippen molar-refractivity contribution in [3.05, 3.63) is 51.3 Å². The lowest BCUT2D eigenvalue weighted by molar-refractivity contribution is 0.415. The molecule has 4 nitrogen and oxygen atoms in total. The number of halogens is 1. The van der Waals surface area contributed by atoms with Gasteiger partial charge >= 0.3 is 0 Å². The molecule has 1 atom stereocenters. The second-order valence-corrected chi connectivity index (χ2v) is 5.27. The molecule has 2 rings (SSSR count). The Bertz CT molecular complexity index is 708. The molecule has 1 aromatic carbocycles. The van der Waals surface area contributed by atoms with Gasteiger partial charge in [0, 0.05) is 18.2 Å². The second-order valence-electron chi connectivity index (χ2n) is 4.86. The third kappa shape index (κ3) is 2.96. The average molecular weight is 307 g/mol. The van der Waals surface area contributed by atoms with Crippen LogP contribution < -0.4 is 16.0 Å². The number of pyridine rings is 1. The third-order valence-electron chi connectivity index (χ3n) is 3.46. The van der Waals surface area contributed by atoms with Gasteiger partial charge in [0.2, 0.25) is 0 Å². The van der Waals surface area contributed by atoms with Crippen LogP contribution in [0.2, 0.25) is 5.02 Å². The molecule has 0 saturated heterocycles. The summed E-state index contributed by atoms with van der Waals surface area (Å²) in [7, 11) is 1.57. The standard InChI is InChI=1S/C16H19ClN2O2/c1-4-19-14(7-6-12(10(2)18)16(19)20)11-5-8-15(21-3)13(17)9-11/h5-10H,4,18H2,1-3H3. The Kier molecular flexibility index (Phi) is 4.70. The maximum Gasteiger partial charge on any atom is 0.255 e. The summed E-state index contributed by atoms with van der Waals surface area (Å²) in [5.41, 5.74) is 8.08. The third-order valence-corrected chi connectivity index (χ3v) is 3.75. The number of rotatable bonds is 4. The zero-order valence-corrected chi connectivity index (χ0v) is 13.1. The van der Waals surface area contributed by atoms with Crippen molar-refractivity contribution in [2.75, 3.05) is 7.11 Å². The number of nitrogens with two attached hydrogens (primary N) is 1. The molecule has 0 bridgehead atoms. The first-order chi connectivity index (χ1) is 9.99. The fourth-order valence-electron chi connectivity index (χ4n) is 2.33. The Labute approximate surface area is 129 Å². The van der Waals surface area contributed by atoms with Gasteiger partial charge in [-0.25, -0.2) is 0 Å². The van der Waals surface area contributed by atoms with Crippen LogP contribution in [-0.4, -0.2) is 11.7 Å². The summed E-state index contributed by atoms with van der Waals surface area (Å²) in [5.74, 6) is 0.609. The molecule has 1 heterocycles. The molecule has 0 spiro atoms. The highest BCUT2D eigenvalue weighted by Gasteiger charge is 2.13. The zero-order valence-electron chi connectivity index (χ0n) is 12.4. The Morgan fingerprint density at radius 2 is 2.05 bits per heavy atom. The van der Waals surface area contributed by atoms with E-state index in [9.17, 15) is 4.79 Å². The van der Waals surface area contributed by atoms with Gasteiger partial charge in [-0.05, 0) is 49.7 Å². The summed E-state index contributed by atoms with van der Waals surface area (Å²) >= 11 is 6.16. The minimum absolute atomic E-state index is 0.0584. The highest BCUT2D eigenvalue weighted by Crippen LogP contribution is 2.30. The van der Waals surface area contributed by atoms with E-state index in [-0.39, 0.29) is 11.6 Å². The molecule has 0 amide bonds. The number of benzene rings is 1. The predicted molar refractivity (Wildman–Crippen MR) is 86.0 cm³/mol. The molecule has 0 aliphatic heterocycles. The molecule has 21 heavy (non-hydrogen) atoms. The van der Waals surface area contributed by atoms with Crippen LogP contribution in [0.25, 0.3) is 11.3 Å². The van der Waals surface area contributed by atoms with E-state index < -0.39 is 0 Å². The SMILES string of the molecule is CCn1c(-c2ccc(OC)c(Cl)c2)ccc(C(C)N)c1=O. The van der Waals surface area contributed by atoms with E-state index in [0.717, 1.165) is 11.3 Å². The van der Waals surface area contributed by atoms with Crippen LogP contribution in [0.15, 0.2) is 35.1 Å². The normalized spacial score (nSPS) is 12.2. The first-order valence-corrected chi connectivity index (χ1v) is 7.20. The van der Waals surface area contributed by atoms with Crippen LogP contribution in [0.1, 0.15) is 25.5 Å². The molecular formula is C16H19ClN2O2. The number of hydrogen-bond donors (Lipinski definition) is 1. The van der Waals surface area contributed by atoms with Gasteiger partial charge in [-0.3, -0.25) is 4.79 Å². The van der Waals surface area contributed by atoms with E-state index in [4.69, 9.17) is 22.1 Å². The fourth-order valence-corrected chi connectivity index (χ4v) is 2.59. The molecule has 0 saturated carbocycles. The van der Waals surface area contributed by atoms with Gasteiger partial charge in [0.25, 0.3) is 5.56 Å². The Hall–Kier alpha value is -1.78. The zero-order chi connectivity index (χ0) is 15.6. The first-order valence-electron chi connectivity index (χ1n) is 6.82. The van der Waals surface area contributed by atoms with Crippen molar-refractivity contribution >= 4 is 11.6 Å². The first kappa shape index (κ1) is 15.6. The van der Waals surface area contributed by atoms with Gasteiger partial charge in [-0.2, -0.15) is 0 Å². The number of nitrogens with zero attached hydrogens (tertiary/aromatic N) is 1. The number of methoxy groups -OCH3 is 1. The van der Waals surface area contributed by atoms with E-state index in [0.29, 0.717) is 22.9 Å². The monoisotopic (exact) mass is 306 g/mol. The second kappa shape index (κ2) is 6.33. The molecule has 0 radical (unpaired) electrons. The van der Waals surface area contributed by atoms with Crippen LogP contribution in [0, 0.1) is 0 Å². The maximum atomic E-state index is 12.5. The summed E-state index contributed by atoms with van der Waals surface area (Å²) in [6.07, 6.45) is 0. The van der Waals surface area contributed by atoms with Crippen molar-refractivity contribution in [2.24, 2.45) is 5.73 Å². The largest absolute Gasteiger partial charge is 0.495 e. The van der Waals surface area contributed by atoms with E-state index in [1.807, 2.05) is 19.1 Å². The molecule has 1 aromatic heterocycles. The van der Waals surface area contributed by atoms with E-state index >= 15 is 0 Å². The molecule has 2 N–H and O–H groups in total. The average Bonchev–Trinajstić information content (AvgIpc) is 2.46. The van der Waals surface area contributed by atoms with Crippen LogP contribution >= 0.6 is 11.6 Å². The Balaban J connectivity index is 2.62. The van der Waals surface area contributed by atoms with Gasteiger partial charge in [0.1, 0.15) is 5.75 Å². The quantitative estimate of drug-likeness (QED) is 0.943. The van der Waals surface area contributed by atoms with Crippen LogP contribution in [-0.2, 0) is 6.54 Å². The van der Waals surface area contributed by atoms with Crippen LogP contribution in [0.3, 0.4) is 0 Å². The van der Waals surface area contributed by atoms with Gasteiger partial charge in [-0.1, -0.05) is 11.6 Å². The lowest BCUT2D eigenvalue weighted by Gasteiger charge is -2.15. The minimum Gasteiger partial charge on any atom is -0.495 e. The highest BCUT2D eigenvalue weighted by atomic mass is 35.5. The predicted octanol–water partition coefficient (Wildman–Crippen LogP) is 3.22. The Morgan fingerprint density at radius 1 is 1.33 bits per heavy atom. The molecule has 1 unspecified atom stereocenters. The van der Waals surface area contributed by atoms with Crippen molar-refractivity contribution in [1.29, 1.82) is 0 Å². The van der Waals surface area contributed by atoms with E-state index in [2.05, 4.69) is 0 Å². The minimum atomic E-state index is -0.288. The van der Waals surface area contributed by atoms with Gasteiger partial charge in [0.15, 0.2) is 0 Å². The lowest BCUT2D eigenvalue weighted by Crippen LogP contribution is -2.27. The molecule has 5 heteroatoms. The van der Waals surface area contributed by atoms with Gasteiger partial charge in [0.05, 0.1) is 17.8 Å². The lowest BCUT2D eigenvalue weighted by atomic mass is 10.1. The highest BCUT2D eigenvalue weighted by molar-refractivity contribution is 6.32. The van der Waals surface area contributed by atoms with Crippen LogP contribution in [0.5, 0.6) is 5.75 Å². The summed E-state index contributed by atoms with van der Waals surface area (Å²) in [6.45, 7) is 4.31. The molecule has 0 aliphatic rings. The summed E-state index contributed by atoms with van der Waals surface area (Å²) in [4.78, 5) is 12.5. The number of ether oxygens (including phenoxy) is 1. The van der Waals surface area contributed by atoms with Crippen molar-refractivity contribution in [3.63, 3.8) is 0 Å². The van der Waals surface area contributed by atoms with Crippen molar-refractivity contribution in [1.82, 2.24) is 4.57 Å².